The summed E-state index contributed by atoms with van der Waals surface area (Å²) in [4.78, 5) is 19.3. The van der Waals surface area contributed by atoms with Crippen LogP contribution in [0.1, 0.15) is 5.82 Å². The largest absolute Gasteiger partial charge is 0.496 e. The van der Waals surface area contributed by atoms with Gasteiger partial charge in [0.25, 0.3) is 5.56 Å². The zero-order chi connectivity index (χ0) is 18.1. The van der Waals surface area contributed by atoms with Crippen LogP contribution in [0.15, 0.2) is 45.7 Å². The van der Waals surface area contributed by atoms with Crippen LogP contribution in [0.2, 0.25) is 0 Å². The molecule has 4 rings (SSSR count). The van der Waals surface area contributed by atoms with E-state index in [4.69, 9.17) is 10.6 Å². The molecule has 3 aromatic heterocycles. The second-order valence-corrected chi connectivity index (χ2v) is 7.17. The van der Waals surface area contributed by atoms with Gasteiger partial charge in [0.1, 0.15) is 16.3 Å². The summed E-state index contributed by atoms with van der Waals surface area (Å²) in [6.07, 6.45) is 0. The highest BCUT2D eigenvalue weighted by Gasteiger charge is 2.16. The molecule has 1 aromatic carbocycles. The van der Waals surface area contributed by atoms with Crippen LogP contribution in [0.25, 0.3) is 21.6 Å². The zero-order valence-corrected chi connectivity index (χ0v) is 15.3. The first-order valence-electron chi connectivity index (χ1n) is 7.60. The number of thioether (sulfide) groups is 1. The van der Waals surface area contributed by atoms with Crippen LogP contribution in [0.3, 0.4) is 0 Å². The monoisotopic (exact) mass is 386 g/mol. The van der Waals surface area contributed by atoms with E-state index in [2.05, 4.69) is 20.2 Å². The van der Waals surface area contributed by atoms with E-state index in [1.165, 1.54) is 27.8 Å². The Balaban J connectivity index is 1.59. The molecule has 0 aliphatic heterocycles. The minimum Gasteiger partial charge on any atom is -0.496 e. The van der Waals surface area contributed by atoms with E-state index in [1.807, 2.05) is 35.7 Å². The van der Waals surface area contributed by atoms with E-state index in [1.54, 1.807) is 7.11 Å². The smallest absolute Gasteiger partial charge is 0.268 e. The minimum atomic E-state index is -0.135. The van der Waals surface area contributed by atoms with E-state index in [0.29, 0.717) is 38.5 Å². The number of nitrogens with zero attached hydrogens (tertiary/aromatic N) is 4. The number of para-hydroxylation sites is 1. The van der Waals surface area contributed by atoms with Crippen LogP contribution in [-0.4, -0.2) is 32.0 Å². The maximum Gasteiger partial charge on any atom is 0.268 e. The molecule has 0 aliphatic rings. The molecule has 26 heavy (non-hydrogen) atoms. The number of nitrogen functional groups attached to an aromatic ring is 1. The molecule has 0 bridgehead atoms. The quantitative estimate of drug-likeness (QED) is 0.400. The summed E-state index contributed by atoms with van der Waals surface area (Å²) in [7, 11) is 1.59. The Labute approximate surface area is 156 Å². The Bertz CT molecular complexity index is 1130. The summed E-state index contributed by atoms with van der Waals surface area (Å²) >= 11 is 2.72. The first kappa shape index (κ1) is 16.6. The van der Waals surface area contributed by atoms with Gasteiger partial charge >= 0.3 is 0 Å². The molecule has 3 heterocycles. The predicted octanol–water partition coefficient (Wildman–Crippen LogP) is 2.26. The summed E-state index contributed by atoms with van der Waals surface area (Å²) in [5.74, 6) is 8.30. The van der Waals surface area contributed by atoms with Gasteiger partial charge in [0, 0.05) is 0 Å². The molecule has 0 saturated carbocycles. The summed E-state index contributed by atoms with van der Waals surface area (Å²) in [6.45, 7) is 0. The molecule has 0 aliphatic carbocycles. The van der Waals surface area contributed by atoms with Gasteiger partial charge in [-0.15, -0.1) is 21.5 Å². The third-order valence-corrected chi connectivity index (χ3v) is 5.57. The number of hydrogen-bond donors (Lipinski definition) is 2. The number of nitrogens with two attached hydrogens (primary N) is 1. The summed E-state index contributed by atoms with van der Waals surface area (Å²) in [5, 5.41) is 10.7. The summed E-state index contributed by atoms with van der Waals surface area (Å²) < 4.78 is 7.38. The second kappa shape index (κ2) is 6.81. The standard InChI is InChI=1S/C16H14N6O2S2/c1-24-11-5-3-2-4-9(11)14-20-21-16(22(14)17)26-8-12-18-10-6-7-25-13(10)15(23)19-12/h2-7H,8,17H2,1H3,(H,18,19,23). The third-order valence-electron chi connectivity index (χ3n) is 3.71. The van der Waals surface area contributed by atoms with Crippen molar-refractivity contribution in [1.82, 2.24) is 24.8 Å². The van der Waals surface area contributed by atoms with Crippen molar-refractivity contribution < 1.29 is 4.74 Å². The molecule has 4 aromatic rings. The minimum absolute atomic E-state index is 0.135. The number of aromatic amines is 1. The molecule has 3 N–H and O–H groups in total. The number of ether oxygens (including phenoxy) is 1. The normalized spacial score (nSPS) is 11.1. The fourth-order valence-electron chi connectivity index (χ4n) is 2.51. The molecule has 10 heteroatoms. The molecule has 0 spiro atoms. The summed E-state index contributed by atoms with van der Waals surface area (Å²) in [5.41, 5.74) is 1.31. The van der Waals surface area contributed by atoms with Crippen molar-refractivity contribution in [3.63, 3.8) is 0 Å². The summed E-state index contributed by atoms with van der Waals surface area (Å²) in [6, 6.07) is 9.28. The molecule has 0 saturated heterocycles. The maximum atomic E-state index is 12.0. The van der Waals surface area contributed by atoms with Gasteiger partial charge in [0.15, 0.2) is 5.82 Å². The van der Waals surface area contributed by atoms with Crippen molar-refractivity contribution in [2.24, 2.45) is 0 Å². The molecule has 0 atom stereocenters. The fraction of sp³-hybridized carbons (Fsp3) is 0.125. The lowest BCUT2D eigenvalue weighted by Gasteiger charge is -2.07. The Kier molecular flexibility index (Phi) is 4.35. The third kappa shape index (κ3) is 2.93. The molecular weight excluding hydrogens is 372 g/mol. The van der Waals surface area contributed by atoms with Gasteiger partial charge in [-0.25, -0.2) is 9.66 Å². The van der Waals surface area contributed by atoms with Crippen LogP contribution in [0.4, 0.5) is 0 Å². The number of methoxy groups -OCH3 is 1. The molecule has 0 fully saturated rings. The average molecular weight is 386 g/mol. The maximum absolute atomic E-state index is 12.0. The number of H-pyrrole nitrogens is 1. The van der Waals surface area contributed by atoms with Gasteiger partial charge in [0.05, 0.1) is 23.9 Å². The van der Waals surface area contributed by atoms with E-state index < -0.39 is 0 Å². The molecule has 132 valence electrons. The highest BCUT2D eigenvalue weighted by Crippen LogP contribution is 2.30. The van der Waals surface area contributed by atoms with Crippen LogP contribution in [-0.2, 0) is 5.75 Å². The molecular formula is C16H14N6O2S2. The van der Waals surface area contributed by atoms with Gasteiger partial charge in [-0.05, 0) is 23.6 Å². The van der Waals surface area contributed by atoms with Crippen molar-refractivity contribution >= 4 is 33.3 Å². The highest BCUT2D eigenvalue weighted by atomic mass is 32.2. The van der Waals surface area contributed by atoms with E-state index in [-0.39, 0.29) is 5.56 Å². The van der Waals surface area contributed by atoms with E-state index in [0.717, 1.165) is 5.56 Å². The van der Waals surface area contributed by atoms with Crippen LogP contribution in [0, 0.1) is 0 Å². The Morgan fingerprint density at radius 3 is 3.00 bits per heavy atom. The number of nitrogens with one attached hydrogen (secondary N) is 1. The van der Waals surface area contributed by atoms with E-state index in [9.17, 15) is 4.79 Å². The second-order valence-electron chi connectivity index (χ2n) is 5.31. The van der Waals surface area contributed by atoms with Crippen molar-refractivity contribution in [1.29, 1.82) is 0 Å². The van der Waals surface area contributed by atoms with Gasteiger partial charge in [-0.3, -0.25) is 4.79 Å². The molecule has 0 unspecified atom stereocenters. The number of rotatable bonds is 5. The Hall–Kier alpha value is -2.85. The average Bonchev–Trinajstić information content (AvgIpc) is 3.27. The highest BCUT2D eigenvalue weighted by molar-refractivity contribution is 7.98. The SMILES string of the molecule is COc1ccccc1-c1nnc(SCc2nc3ccsc3c(=O)[nH]2)n1N. The number of aromatic nitrogens is 5. The van der Waals surface area contributed by atoms with Crippen molar-refractivity contribution in [3.8, 4) is 17.1 Å². The van der Waals surface area contributed by atoms with Crippen LogP contribution < -0.4 is 16.1 Å². The topological polar surface area (TPSA) is 112 Å². The molecule has 0 amide bonds. The lowest BCUT2D eigenvalue weighted by atomic mass is 10.2. The first-order chi connectivity index (χ1) is 12.7. The number of fused-ring (bicyclic) bond motifs is 1. The fourth-order valence-corrected chi connectivity index (χ4v) is 3.96. The number of benzene rings is 1. The number of thiophene rings is 1. The van der Waals surface area contributed by atoms with Crippen molar-refractivity contribution in [3.05, 3.63) is 51.9 Å². The van der Waals surface area contributed by atoms with Gasteiger partial charge in [-0.1, -0.05) is 23.9 Å². The first-order valence-corrected chi connectivity index (χ1v) is 9.47. The Morgan fingerprint density at radius 1 is 1.31 bits per heavy atom. The number of hydrogen-bond acceptors (Lipinski definition) is 8. The van der Waals surface area contributed by atoms with Crippen LogP contribution in [0.5, 0.6) is 5.75 Å². The van der Waals surface area contributed by atoms with Crippen molar-refractivity contribution in [2.45, 2.75) is 10.9 Å². The van der Waals surface area contributed by atoms with Crippen molar-refractivity contribution in [2.75, 3.05) is 13.0 Å². The predicted molar refractivity (Wildman–Crippen MR) is 102 cm³/mol. The molecule has 0 radical (unpaired) electrons. The van der Waals surface area contributed by atoms with Gasteiger partial charge in [0.2, 0.25) is 5.16 Å². The van der Waals surface area contributed by atoms with Gasteiger partial charge in [-0.2, -0.15) is 0 Å². The van der Waals surface area contributed by atoms with Crippen LogP contribution >= 0.6 is 23.1 Å². The molecule has 8 nitrogen and oxygen atoms in total. The Morgan fingerprint density at radius 2 is 2.15 bits per heavy atom. The zero-order valence-electron chi connectivity index (χ0n) is 13.7. The lowest BCUT2D eigenvalue weighted by Crippen LogP contribution is -2.13. The lowest BCUT2D eigenvalue weighted by molar-refractivity contribution is 0.416. The van der Waals surface area contributed by atoms with E-state index >= 15 is 0 Å². The van der Waals surface area contributed by atoms with Gasteiger partial charge < -0.3 is 15.6 Å².